The van der Waals surface area contributed by atoms with Crippen molar-refractivity contribution in [3.05, 3.63) is 59.9 Å². The van der Waals surface area contributed by atoms with E-state index in [9.17, 15) is 4.79 Å². The molecule has 3 heterocycles. The topological polar surface area (TPSA) is 84.4 Å². The Morgan fingerprint density at radius 2 is 2.12 bits per heavy atom. The Labute approximate surface area is 192 Å². The predicted octanol–water partition coefficient (Wildman–Crippen LogP) is 4.29. The van der Waals surface area contributed by atoms with Crippen LogP contribution in [0, 0.1) is 12.8 Å². The molecule has 8 heteroatoms. The minimum atomic E-state index is 0.0903. The zero-order valence-electron chi connectivity index (χ0n) is 18.5. The largest absolute Gasteiger partial charge is 0.468 e. The third-order valence-corrected chi connectivity index (χ3v) is 6.72. The maximum atomic E-state index is 12.5. The number of furan rings is 1. The van der Waals surface area contributed by atoms with Crippen LogP contribution in [0.3, 0.4) is 0 Å². The Kier molecular flexibility index (Phi) is 8.01. The van der Waals surface area contributed by atoms with Crippen LogP contribution in [0.1, 0.15) is 36.5 Å². The molecule has 1 fully saturated rings. The van der Waals surface area contributed by atoms with Crippen LogP contribution in [0.15, 0.2) is 51.6 Å². The van der Waals surface area contributed by atoms with Gasteiger partial charge in [0.2, 0.25) is 17.6 Å². The summed E-state index contributed by atoms with van der Waals surface area (Å²) in [5.74, 6) is 4.40. The molecule has 0 bridgehead atoms. The number of nitrogens with zero attached hydrogens (tertiary/aromatic N) is 3. The lowest BCUT2D eigenvalue weighted by Gasteiger charge is -2.30. The summed E-state index contributed by atoms with van der Waals surface area (Å²) in [6, 6.07) is 12.0. The summed E-state index contributed by atoms with van der Waals surface area (Å²) in [6.45, 7) is 5.12. The van der Waals surface area contributed by atoms with E-state index < -0.39 is 0 Å². The number of piperidine rings is 1. The van der Waals surface area contributed by atoms with Crippen molar-refractivity contribution >= 4 is 17.7 Å². The quantitative estimate of drug-likeness (QED) is 0.458. The highest BCUT2D eigenvalue weighted by molar-refractivity contribution is 7.98. The molecule has 0 atom stereocenters. The summed E-state index contributed by atoms with van der Waals surface area (Å²) in [6.07, 6.45) is 4.39. The molecule has 0 saturated carbocycles. The summed E-state index contributed by atoms with van der Waals surface area (Å²) < 4.78 is 10.8. The SMILES string of the molecule is Cc1cccc(-c2noc(CN3CCC(C(=O)NCCCSCc4ccco4)CC3)n2)c1. The monoisotopic (exact) mass is 454 g/mol. The van der Waals surface area contributed by atoms with Gasteiger partial charge in [0.05, 0.1) is 18.6 Å². The van der Waals surface area contributed by atoms with E-state index in [0.29, 0.717) is 18.3 Å². The van der Waals surface area contributed by atoms with Gasteiger partial charge in [0.1, 0.15) is 5.76 Å². The van der Waals surface area contributed by atoms with Gasteiger partial charge in [-0.25, -0.2) is 0 Å². The molecular weight excluding hydrogens is 424 g/mol. The first kappa shape index (κ1) is 22.6. The molecule has 1 saturated heterocycles. The number of carbonyl (C=O) groups is 1. The van der Waals surface area contributed by atoms with Gasteiger partial charge in [-0.1, -0.05) is 28.9 Å². The minimum Gasteiger partial charge on any atom is -0.468 e. The number of nitrogens with one attached hydrogen (secondary N) is 1. The lowest BCUT2D eigenvalue weighted by atomic mass is 9.96. The van der Waals surface area contributed by atoms with Crippen LogP contribution in [-0.2, 0) is 17.1 Å². The van der Waals surface area contributed by atoms with E-state index in [-0.39, 0.29) is 11.8 Å². The number of amides is 1. The zero-order chi connectivity index (χ0) is 22.2. The smallest absolute Gasteiger partial charge is 0.241 e. The molecule has 1 aliphatic heterocycles. The summed E-state index contributed by atoms with van der Waals surface area (Å²) >= 11 is 1.83. The number of carbonyl (C=O) groups excluding carboxylic acids is 1. The van der Waals surface area contributed by atoms with Gasteiger partial charge in [-0.2, -0.15) is 16.7 Å². The molecule has 170 valence electrons. The van der Waals surface area contributed by atoms with Crippen LogP contribution in [0.4, 0.5) is 0 Å². The number of likely N-dealkylation sites (tertiary alicyclic amines) is 1. The highest BCUT2D eigenvalue weighted by Crippen LogP contribution is 2.21. The van der Waals surface area contributed by atoms with Gasteiger partial charge >= 0.3 is 0 Å². The number of thioether (sulfide) groups is 1. The minimum absolute atomic E-state index is 0.0903. The Bertz CT molecular complexity index is 981. The molecular formula is C24H30N4O3S. The lowest BCUT2D eigenvalue weighted by Crippen LogP contribution is -2.40. The summed E-state index contributed by atoms with van der Waals surface area (Å²) in [7, 11) is 0. The molecule has 1 aliphatic rings. The number of benzene rings is 1. The number of aromatic nitrogens is 2. The standard InChI is InChI=1S/C24H30N4O3S/c1-18-5-2-6-20(15-18)23-26-22(31-27-23)16-28-11-8-19(9-12-28)24(29)25-10-4-14-32-17-21-7-3-13-30-21/h2-3,5-7,13,15,19H,4,8-12,14,16-17H2,1H3,(H,25,29). The number of hydrogen-bond acceptors (Lipinski definition) is 7. The molecule has 0 spiro atoms. The van der Waals surface area contributed by atoms with E-state index in [1.807, 2.05) is 49.0 Å². The maximum absolute atomic E-state index is 12.5. The molecule has 0 aliphatic carbocycles. The molecule has 1 N–H and O–H groups in total. The van der Waals surface area contributed by atoms with E-state index in [4.69, 9.17) is 8.94 Å². The highest BCUT2D eigenvalue weighted by atomic mass is 32.2. The maximum Gasteiger partial charge on any atom is 0.241 e. The number of aryl methyl sites for hydroxylation is 1. The molecule has 4 rings (SSSR count). The number of rotatable bonds is 10. The van der Waals surface area contributed by atoms with Crippen molar-refractivity contribution in [1.29, 1.82) is 0 Å². The first-order chi connectivity index (χ1) is 15.7. The van der Waals surface area contributed by atoms with Crippen LogP contribution in [0.2, 0.25) is 0 Å². The summed E-state index contributed by atoms with van der Waals surface area (Å²) in [4.78, 5) is 19.3. The van der Waals surface area contributed by atoms with Crippen molar-refractivity contribution in [2.45, 2.75) is 38.5 Å². The normalized spacial score (nSPS) is 15.2. The fraction of sp³-hybridized carbons (Fsp3) is 0.458. The van der Waals surface area contributed by atoms with Gasteiger partial charge in [0.15, 0.2) is 0 Å². The molecule has 2 aromatic heterocycles. The average Bonchev–Trinajstić information content (AvgIpc) is 3.49. The predicted molar refractivity (Wildman–Crippen MR) is 125 cm³/mol. The molecule has 3 aromatic rings. The summed E-state index contributed by atoms with van der Waals surface area (Å²) in [5, 5.41) is 7.22. The fourth-order valence-corrected chi connectivity index (χ4v) is 4.72. The van der Waals surface area contributed by atoms with Gasteiger partial charge in [-0.15, -0.1) is 0 Å². The van der Waals surface area contributed by atoms with Crippen molar-refractivity contribution in [3.8, 4) is 11.4 Å². The second-order valence-electron chi connectivity index (χ2n) is 8.21. The van der Waals surface area contributed by atoms with Gasteiger partial charge in [-0.05, 0) is 63.2 Å². The number of hydrogen-bond donors (Lipinski definition) is 1. The Hall–Kier alpha value is -2.58. The van der Waals surface area contributed by atoms with Gasteiger partial charge in [0.25, 0.3) is 0 Å². The van der Waals surface area contributed by atoms with E-state index in [1.54, 1.807) is 6.26 Å². The Morgan fingerprint density at radius 1 is 1.25 bits per heavy atom. The third kappa shape index (κ3) is 6.46. The van der Waals surface area contributed by atoms with Crippen molar-refractivity contribution in [2.75, 3.05) is 25.4 Å². The third-order valence-electron chi connectivity index (χ3n) is 5.65. The summed E-state index contributed by atoms with van der Waals surface area (Å²) in [5.41, 5.74) is 2.14. The van der Waals surface area contributed by atoms with Crippen LogP contribution in [0.5, 0.6) is 0 Å². The second kappa shape index (κ2) is 11.3. The Morgan fingerprint density at radius 3 is 2.91 bits per heavy atom. The van der Waals surface area contributed by atoms with Crippen LogP contribution in [-0.4, -0.2) is 46.3 Å². The van der Waals surface area contributed by atoms with Crippen molar-refractivity contribution in [2.24, 2.45) is 5.92 Å². The molecule has 0 unspecified atom stereocenters. The molecule has 32 heavy (non-hydrogen) atoms. The van der Waals surface area contributed by atoms with Crippen molar-refractivity contribution in [3.63, 3.8) is 0 Å². The van der Waals surface area contributed by atoms with Crippen molar-refractivity contribution < 1.29 is 13.7 Å². The zero-order valence-corrected chi connectivity index (χ0v) is 19.3. The van der Waals surface area contributed by atoms with E-state index in [1.165, 1.54) is 5.56 Å². The molecule has 7 nitrogen and oxygen atoms in total. The van der Waals surface area contributed by atoms with Gasteiger partial charge in [0, 0.05) is 18.0 Å². The van der Waals surface area contributed by atoms with Crippen molar-refractivity contribution in [1.82, 2.24) is 20.4 Å². The van der Waals surface area contributed by atoms with E-state index in [0.717, 1.165) is 61.7 Å². The fourth-order valence-electron chi connectivity index (χ4n) is 3.86. The second-order valence-corrected chi connectivity index (χ2v) is 9.31. The molecule has 0 radical (unpaired) electrons. The highest BCUT2D eigenvalue weighted by Gasteiger charge is 2.25. The van der Waals surface area contributed by atoms with E-state index in [2.05, 4.69) is 26.4 Å². The first-order valence-electron chi connectivity index (χ1n) is 11.2. The lowest BCUT2D eigenvalue weighted by molar-refractivity contribution is -0.126. The molecule has 1 aromatic carbocycles. The Balaban J connectivity index is 1.12. The van der Waals surface area contributed by atoms with Gasteiger partial charge in [-0.3, -0.25) is 9.69 Å². The first-order valence-corrected chi connectivity index (χ1v) is 12.3. The average molecular weight is 455 g/mol. The molecule has 1 amide bonds. The van der Waals surface area contributed by atoms with Crippen LogP contribution in [0.25, 0.3) is 11.4 Å². The van der Waals surface area contributed by atoms with E-state index >= 15 is 0 Å². The van der Waals surface area contributed by atoms with Gasteiger partial charge < -0.3 is 14.3 Å². The van der Waals surface area contributed by atoms with Crippen LogP contribution >= 0.6 is 11.8 Å². The van der Waals surface area contributed by atoms with Crippen LogP contribution < -0.4 is 5.32 Å².